The van der Waals surface area contributed by atoms with Crippen LogP contribution in [0.4, 0.5) is 11.5 Å². The molecular weight excluding hydrogens is 218 g/mol. The van der Waals surface area contributed by atoms with Gasteiger partial charge in [-0.3, -0.25) is 0 Å². The average molecular weight is 237 g/mol. The minimum Gasteiger partial charge on any atom is -0.476 e. The predicted molar refractivity (Wildman–Crippen MR) is 67.3 cm³/mol. The molecule has 0 spiro atoms. The van der Waals surface area contributed by atoms with Gasteiger partial charge in [-0.25, -0.2) is 0 Å². The second-order valence-corrected chi connectivity index (χ2v) is 4.24. The SMILES string of the molecule is CCOc1nc(N2CCCC(O)C2)ccc1N. The number of ether oxygens (including phenoxy) is 1. The van der Waals surface area contributed by atoms with E-state index in [-0.39, 0.29) is 6.10 Å². The van der Waals surface area contributed by atoms with Crippen molar-refractivity contribution in [1.82, 2.24) is 4.98 Å². The summed E-state index contributed by atoms with van der Waals surface area (Å²) < 4.78 is 5.37. The first-order chi connectivity index (χ1) is 8.20. The highest BCUT2D eigenvalue weighted by Crippen LogP contribution is 2.25. The Morgan fingerprint density at radius 1 is 1.59 bits per heavy atom. The number of β-amino-alcohol motifs (C(OH)–C–C–N with tert-alkyl or cyclic N) is 1. The molecule has 2 rings (SSSR count). The van der Waals surface area contributed by atoms with E-state index in [4.69, 9.17) is 10.5 Å². The molecule has 1 fully saturated rings. The van der Waals surface area contributed by atoms with E-state index in [1.165, 1.54) is 0 Å². The fourth-order valence-electron chi connectivity index (χ4n) is 2.03. The molecule has 0 aliphatic carbocycles. The minimum absolute atomic E-state index is 0.265. The maximum Gasteiger partial charge on any atom is 0.239 e. The van der Waals surface area contributed by atoms with E-state index in [2.05, 4.69) is 9.88 Å². The summed E-state index contributed by atoms with van der Waals surface area (Å²) in [6.07, 6.45) is 1.58. The summed E-state index contributed by atoms with van der Waals surface area (Å²) in [5.41, 5.74) is 6.33. The van der Waals surface area contributed by atoms with Gasteiger partial charge in [-0.15, -0.1) is 0 Å². The van der Waals surface area contributed by atoms with E-state index < -0.39 is 0 Å². The van der Waals surface area contributed by atoms with Crippen LogP contribution in [-0.4, -0.2) is 35.9 Å². The molecule has 0 bridgehead atoms. The van der Waals surface area contributed by atoms with Gasteiger partial charge in [-0.05, 0) is 31.9 Å². The molecule has 1 aliphatic heterocycles. The Morgan fingerprint density at radius 2 is 2.41 bits per heavy atom. The number of aliphatic hydroxyl groups is 1. The van der Waals surface area contributed by atoms with Crippen LogP contribution in [0.5, 0.6) is 5.88 Å². The second-order valence-electron chi connectivity index (χ2n) is 4.24. The normalized spacial score (nSPS) is 20.4. The number of anilines is 2. The fourth-order valence-corrected chi connectivity index (χ4v) is 2.03. The van der Waals surface area contributed by atoms with Crippen molar-refractivity contribution in [3.05, 3.63) is 12.1 Å². The number of hydrogen-bond acceptors (Lipinski definition) is 5. The van der Waals surface area contributed by atoms with Crippen LogP contribution in [0.15, 0.2) is 12.1 Å². The lowest BCUT2D eigenvalue weighted by Gasteiger charge is -2.31. The predicted octanol–water partition coefficient (Wildman–Crippen LogP) is 1.02. The quantitative estimate of drug-likeness (QED) is 0.821. The van der Waals surface area contributed by atoms with Crippen LogP contribution in [-0.2, 0) is 0 Å². The summed E-state index contributed by atoms with van der Waals surface area (Å²) in [5.74, 6) is 1.30. The number of nitrogens with zero attached hydrogens (tertiary/aromatic N) is 2. The summed E-state index contributed by atoms with van der Waals surface area (Å²) in [7, 11) is 0. The first-order valence-electron chi connectivity index (χ1n) is 6.03. The second kappa shape index (κ2) is 5.23. The van der Waals surface area contributed by atoms with Crippen molar-refractivity contribution in [3.8, 4) is 5.88 Å². The minimum atomic E-state index is -0.265. The van der Waals surface area contributed by atoms with Crippen LogP contribution in [0.25, 0.3) is 0 Å². The molecular formula is C12H19N3O2. The highest BCUT2D eigenvalue weighted by molar-refractivity contribution is 5.54. The van der Waals surface area contributed by atoms with Crippen molar-refractivity contribution in [2.24, 2.45) is 0 Å². The van der Waals surface area contributed by atoms with Gasteiger partial charge in [0, 0.05) is 13.1 Å². The van der Waals surface area contributed by atoms with Crippen molar-refractivity contribution in [2.75, 3.05) is 30.3 Å². The highest BCUT2D eigenvalue weighted by atomic mass is 16.5. The number of piperidine rings is 1. The van der Waals surface area contributed by atoms with Gasteiger partial charge >= 0.3 is 0 Å². The zero-order chi connectivity index (χ0) is 12.3. The molecule has 2 heterocycles. The number of aromatic nitrogens is 1. The maximum atomic E-state index is 9.64. The first kappa shape index (κ1) is 12.0. The van der Waals surface area contributed by atoms with Crippen LogP contribution in [0, 0.1) is 0 Å². The number of rotatable bonds is 3. The smallest absolute Gasteiger partial charge is 0.239 e. The Morgan fingerprint density at radius 3 is 3.12 bits per heavy atom. The molecule has 0 radical (unpaired) electrons. The summed E-state index contributed by atoms with van der Waals surface area (Å²) >= 11 is 0. The molecule has 0 aromatic carbocycles. The lowest BCUT2D eigenvalue weighted by Crippen LogP contribution is -2.38. The van der Waals surface area contributed by atoms with Crippen LogP contribution in [0.1, 0.15) is 19.8 Å². The van der Waals surface area contributed by atoms with Crippen LogP contribution in [0.3, 0.4) is 0 Å². The molecule has 1 aromatic heterocycles. The van der Waals surface area contributed by atoms with Crippen LogP contribution >= 0.6 is 0 Å². The van der Waals surface area contributed by atoms with Crippen molar-refractivity contribution < 1.29 is 9.84 Å². The summed E-state index contributed by atoms with van der Waals surface area (Å²) in [4.78, 5) is 6.45. The maximum absolute atomic E-state index is 9.64. The standard InChI is InChI=1S/C12H19N3O2/c1-2-17-12-10(13)5-6-11(14-12)15-7-3-4-9(16)8-15/h5-6,9,16H,2-4,7-8,13H2,1H3. The molecule has 17 heavy (non-hydrogen) atoms. The fraction of sp³-hybridized carbons (Fsp3) is 0.583. The molecule has 1 aromatic rings. The van der Waals surface area contributed by atoms with Gasteiger partial charge in [0.1, 0.15) is 5.82 Å². The molecule has 1 saturated heterocycles. The summed E-state index contributed by atoms with van der Waals surface area (Å²) in [6.45, 7) is 3.99. The molecule has 5 heteroatoms. The number of pyridine rings is 1. The van der Waals surface area contributed by atoms with Crippen LogP contribution < -0.4 is 15.4 Å². The zero-order valence-corrected chi connectivity index (χ0v) is 10.1. The monoisotopic (exact) mass is 237 g/mol. The van der Waals surface area contributed by atoms with Crippen molar-refractivity contribution in [2.45, 2.75) is 25.9 Å². The van der Waals surface area contributed by atoms with E-state index in [0.29, 0.717) is 24.7 Å². The Kier molecular flexibility index (Phi) is 3.68. The third-order valence-electron chi connectivity index (χ3n) is 2.88. The van der Waals surface area contributed by atoms with Gasteiger partial charge in [0.15, 0.2) is 0 Å². The van der Waals surface area contributed by atoms with E-state index >= 15 is 0 Å². The molecule has 3 N–H and O–H groups in total. The van der Waals surface area contributed by atoms with E-state index in [1.807, 2.05) is 13.0 Å². The molecule has 0 amide bonds. The van der Waals surface area contributed by atoms with Gasteiger partial charge < -0.3 is 20.5 Å². The topological polar surface area (TPSA) is 71.6 Å². The molecule has 0 saturated carbocycles. The molecule has 94 valence electrons. The van der Waals surface area contributed by atoms with Crippen molar-refractivity contribution in [1.29, 1.82) is 0 Å². The van der Waals surface area contributed by atoms with E-state index in [9.17, 15) is 5.11 Å². The number of hydrogen-bond donors (Lipinski definition) is 2. The largest absolute Gasteiger partial charge is 0.476 e. The van der Waals surface area contributed by atoms with Crippen LogP contribution in [0.2, 0.25) is 0 Å². The number of nitrogens with two attached hydrogens (primary N) is 1. The van der Waals surface area contributed by atoms with Gasteiger partial charge in [0.25, 0.3) is 0 Å². The van der Waals surface area contributed by atoms with Gasteiger partial charge in [0.2, 0.25) is 5.88 Å². The summed E-state index contributed by atoms with van der Waals surface area (Å²) in [5, 5.41) is 9.64. The third-order valence-corrected chi connectivity index (χ3v) is 2.88. The third kappa shape index (κ3) is 2.79. The zero-order valence-electron chi connectivity index (χ0n) is 10.1. The summed E-state index contributed by atoms with van der Waals surface area (Å²) in [6, 6.07) is 3.67. The Hall–Kier alpha value is -1.49. The van der Waals surface area contributed by atoms with Gasteiger partial charge in [0.05, 0.1) is 18.4 Å². The Labute approximate surface area is 101 Å². The first-order valence-corrected chi connectivity index (χ1v) is 6.03. The number of nitrogen functional groups attached to an aromatic ring is 1. The van der Waals surface area contributed by atoms with E-state index in [1.54, 1.807) is 6.07 Å². The highest BCUT2D eigenvalue weighted by Gasteiger charge is 2.19. The number of aliphatic hydroxyl groups excluding tert-OH is 1. The van der Waals surface area contributed by atoms with E-state index in [0.717, 1.165) is 25.2 Å². The molecule has 1 unspecified atom stereocenters. The molecule has 1 aliphatic rings. The Bertz CT molecular complexity index is 384. The Balaban J connectivity index is 2.17. The van der Waals surface area contributed by atoms with Crippen molar-refractivity contribution in [3.63, 3.8) is 0 Å². The molecule has 1 atom stereocenters. The lowest BCUT2D eigenvalue weighted by molar-refractivity contribution is 0.153. The average Bonchev–Trinajstić information content (AvgIpc) is 2.32. The van der Waals surface area contributed by atoms with Gasteiger partial charge in [-0.1, -0.05) is 0 Å². The lowest BCUT2D eigenvalue weighted by atomic mass is 10.1. The van der Waals surface area contributed by atoms with Gasteiger partial charge in [-0.2, -0.15) is 4.98 Å². The van der Waals surface area contributed by atoms with Crippen molar-refractivity contribution >= 4 is 11.5 Å². The molecule has 5 nitrogen and oxygen atoms in total.